The molecule has 1 nitrogen and oxygen atoms in total. The van der Waals surface area contributed by atoms with E-state index in [-0.39, 0.29) is 0 Å². The third-order valence-electron chi connectivity index (χ3n) is 3.66. The molecule has 20 heavy (non-hydrogen) atoms. The summed E-state index contributed by atoms with van der Waals surface area (Å²) in [6.45, 7) is 4.46. The Balaban J connectivity index is 1.86. The number of aryl methyl sites for hydroxylation is 2. The second-order valence-electron chi connectivity index (χ2n) is 5.32. The third kappa shape index (κ3) is 4.45. The number of thiophene rings is 1. The van der Waals surface area contributed by atoms with E-state index in [2.05, 4.69) is 43.1 Å². The first-order valence-corrected chi connectivity index (χ1v) is 8.69. The minimum Gasteiger partial charge on any atom is -0.261 e. The van der Waals surface area contributed by atoms with Crippen LogP contribution in [0.2, 0.25) is 0 Å². The van der Waals surface area contributed by atoms with E-state index >= 15 is 0 Å². The van der Waals surface area contributed by atoms with Gasteiger partial charge in [0, 0.05) is 27.2 Å². The summed E-state index contributed by atoms with van der Waals surface area (Å²) < 4.78 is 0. The third-order valence-corrected chi connectivity index (χ3v) is 4.93. The SMILES string of the molecule is CCCCCCCc1ccc(-c2ccc(CC)s2)cn1. The molecule has 2 heterocycles. The van der Waals surface area contributed by atoms with Crippen LogP contribution in [-0.4, -0.2) is 4.98 Å². The molecule has 0 aliphatic carbocycles. The Morgan fingerprint density at radius 3 is 2.45 bits per heavy atom. The van der Waals surface area contributed by atoms with Crippen LogP contribution in [0.4, 0.5) is 0 Å². The molecule has 2 rings (SSSR count). The normalized spacial score (nSPS) is 10.9. The zero-order valence-corrected chi connectivity index (χ0v) is 13.5. The maximum atomic E-state index is 4.61. The van der Waals surface area contributed by atoms with Gasteiger partial charge in [0.25, 0.3) is 0 Å². The molecule has 0 N–H and O–H groups in total. The molecule has 0 fully saturated rings. The first-order chi connectivity index (χ1) is 9.83. The minimum atomic E-state index is 1.12. The number of unbranched alkanes of at least 4 members (excludes halogenated alkanes) is 4. The Bertz CT molecular complexity index is 498. The largest absolute Gasteiger partial charge is 0.261 e. The molecule has 0 aromatic carbocycles. The van der Waals surface area contributed by atoms with Crippen LogP contribution in [0.15, 0.2) is 30.5 Å². The van der Waals surface area contributed by atoms with Gasteiger partial charge in [0.1, 0.15) is 0 Å². The summed E-state index contributed by atoms with van der Waals surface area (Å²) in [6.07, 6.45) is 10.9. The summed E-state index contributed by atoms with van der Waals surface area (Å²) in [6, 6.07) is 8.85. The average molecular weight is 287 g/mol. The molecule has 0 aliphatic heterocycles. The molecule has 0 saturated heterocycles. The predicted octanol–water partition coefficient (Wildman–Crippen LogP) is 5.89. The van der Waals surface area contributed by atoms with E-state index in [0.29, 0.717) is 0 Å². The van der Waals surface area contributed by atoms with Crippen LogP contribution in [0.1, 0.15) is 56.5 Å². The van der Waals surface area contributed by atoms with Gasteiger partial charge in [-0.2, -0.15) is 0 Å². The maximum Gasteiger partial charge on any atom is 0.0404 e. The number of rotatable bonds is 8. The molecule has 0 unspecified atom stereocenters. The van der Waals surface area contributed by atoms with Gasteiger partial charge in [-0.1, -0.05) is 45.6 Å². The van der Waals surface area contributed by atoms with Gasteiger partial charge in [-0.05, 0) is 37.5 Å². The van der Waals surface area contributed by atoms with Gasteiger partial charge in [-0.25, -0.2) is 0 Å². The molecule has 0 amide bonds. The van der Waals surface area contributed by atoms with Crippen LogP contribution < -0.4 is 0 Å². The quantitative estimate of drug-likeness (QED) is 0.552. The molecule has 2 aromatic rings. The Labute approximate surface area is 127 Å². The fourth-order valence-electron chi connectivity index (χ4n) is 2.35. The van der Waals surface area contributed by atoms with Crippen molar-refractivity contribution in [2.75, 3.05) is 0 Å². The topological polar surface area (TPSA) is 12.9 Å². The second kappa shape index (κ2) is 8.21. The average Bonchev–Trinajstić information content (AvgIpc) is 2.97. The van der Waals surface area contributed by atoms with Crippen LogP contribution in [0.3, 0.4) is 0 Å². The zero-order valence-electron chi connectivity index (χ0n) is 12.7. The number of aromatic nitrogens is 1. The van der Waals surface area contributed by atoms with Crippen molar-refractivity contribution >= 4 is 11.3 Å². The molecule has 0 radical (unpaired) electrons. The molecule has 0 saturated carbocycles. The lowest BCUT2D eigenvalue weighted by atomic mass is 10.1. The lowest BCUT2D eigenvalue weighted by Crippen LogP contribution is -1.90. The molecular formula is C18H25NS. The van der Waals surface area contributed by atoms with Crippen molar-refractivity contribution in [2.45, 2.75) is 58.8 Å². The van der Waals surface area contributed by atoms with E-state index in [4.69, 9.17) is 0 Å². The van der Waals surface area contributed by atoms with E-state index < -0.39 is 0 Å². The Hall–Kier alpha value is -1.15. The molecule has 0 atom stereocenters. The maximum absolute atomic E-state index is 4.61. The number of pyridine rings is 1. The summed E-state index contributed by atoms with van der Waals surface area (Å²) >= 11 is 1.88. The fraction of sp³-hybridized carbons (Fsp3) is 0.500. The Morgan fingerprint density at radius 2 is 1.80 bits per heavy atom. The summed E-state index contributed by atoms with van der Waals surface area (Å²) in [5.74, 6) is 0. The summed E-state index contributed by atoms with van der Waals surface area (Å²) in [5, 5.41) is 0. The first-order valence-electron chi connectivity index (χ1n) is 7.87. The monoisotopic (exact) mass is 287 g/mol. The van der Waals surface area contributed by atoms with Gasteiger partial charge >= 0.3 is 0 Å². The smallest absolute Gasteiger partial charge is 0.0404 e. The van der Waals surface area contributed by atoms with Gasteiger partial charge < -0.3 is 0 Å². The van der Waals surface area contributed by atoms with Gasteiger partial charge in [0.05, 0.1) is 0 Å². The van der Waals surface area contributed by atoms with E-state index in [0.717, 1.165) is 12.8 Å². The Morgan fingerprint density at radius 1 is 0.950 bits per heavy atom. The highest BCUT2D eigenvalue weighted by Crippen LogP contribution is 2.28. The van der Waals surface area contributed by atoms with E-state index in [1.165, 1.54) is 53.1 Å². The van der Waals surface area contributed by atoms with Gasteiger partial charge in [-0.3, -0.25) is 4.98 Å². The van der Waals surface area contributed by atoms with E-state index in [1.807, 2.05) is 17.5 Å². The molecule has 2 aromatic heterocycles. The molecule has 108 valence electrons. The van der Waals surface area contributed by atoms with Crippen LogP contribution in [0, 0.1) is 0 Å². The zero-order chi connectivity index (χ0) is 14.2. The molecule has 0 bridgehead atoms. The lowest BCUT2D eigenvalue weighted by Gasteiger charge is -2.02. The summed E-state index contributed by atoms with van der Waals surface area (Å²) in [4.78, 5) is 7.40. The van der Waals surface area contributed by atoms with Crippen LogP contribution in [0.25, 0.3) is 10.4 Å². The van der Waals surface area contributed by atoms with Crippen molar-refractivity contribution in [3.63, 3.8) is 0 Å². The van der Waals surface area contributed by atoms with Crippen LogP contribution >= 0.6 is 11.3 Å². The lowest BCUT2D eigenvalue weighted by molar-refractivity contribution is 0.628. The van der Waals surface area contributed by atoms with Crippen molar-refractivity contribution in [2.24, 2.45) is 0 Å². The molecule has 0 aliphatic rings. The van der Waals surface area contributed by atoms with Crippen LogP contribution in [0.5, 0.6) is 0 Å². The van der Waals surface area contributed by atoms with Crippen molar-refractivity contribution in [1.29, 1.82) is 0 Å². The minimum absolute atomic E-state index is 1.12. The van der Waals surface area contributed by atoms with E-state index in [1.54, 1.807) is 0 Å². The fourth-order valence-corrected chi connectivity index (χ4v) is 3.29. The van der Waals surface area contributed by atoms with Crippen molar-refractivity contribution in [1.82, 2.24) is 4.98 Å². The van der Waals surface area contributed by atoms with Gasteiger partial charge in [-0.15, -0.1) is 11.3 Å². The highest BCUT2D eigenvalue weighted by molar-refractivity contribution is 7.15. The predicted molar refractivity (Wildman–Crippen MR) is 89.4 cm³/mol. The number of hydrogen-bond acceptors (Lipinski definition) is 2. The van der Waals surface area contributed by atoms with Crippen LogP contribution in [-0.2, 0) is 12.8 Å². The van der Waals surface area contributed by atoms with Crippen molar-refractivity contribution in [3.8, 4) is 10.4 Å². The summed E-state index contributed by atoms with van der Waals surface area (Å²) in [7, 11) is 0. The standard InChI is InChI=1S/C18H25NS/c1-3-5-6-7-8-9-16-11-10-15(14-19-16)18-13-12-17(4-2)20-18/h10-14H,3-9H2,1-2H3. The Kier molecular flexibility index (Phi) is 6.25. The molecule has 2 heteroatoms. The number of hydrogen-bond donors (Lipinski definition) is 0. The number of nitrogens with zero attached hydrogens (tertiary/aromatic N) is 1. The highest BCUT2D eigenvalue weighted by Gasteiger charge is 2.03. The van der Waals surface area contributed by atoms with Crippen molar-refractivity contribution in [3.05, 3.63) is 41.0 Å². The second-order valence-corrected chi connectivity index (χ2v) is 6.49. The molecule has 0 spiro atoms. The molecular weight excluding hydrogens is 262 g/mol. The summed E-state index contributed by atoms with van der Waals surface area (Å²) in [5.41, 5.74) is 2.49. The van der Waals surface area contributed by atoms with Gasteiger partial charge in [0.2, 0.25) is 0 Å². The van der Waals surface area contributed by atoms with Gasteiger partial charge in [0.15, 0.2) is 0 Å². The highest BCUT2D eigenvalue weighted by atomic mass is 32.1. The first kappa shape index (κ1) is 15.2. The van der Waals surface area contributed by atoms with E-state index in [9.17, 15) is 0 Å². The van der Waals surface area contributed by atoms with Crippen molar-refractivity contribution < 1.29 is 0 Å².